The Kier molecular flexibility index (Phi) is 8.07. The molecule has 3 fully saturated rings. The number of likely N-dealkylation sites (tertiary alicyclic amines) is 1. The lowest BCUT2D eigenvalue weighted by molar-refractivity contribution is 0.156. The van der Waals surface area contributed by atoms with Gasteiger partial charge in [-0.2, -0.15) is 0 Å². The van der Waals surface area contributed by atoms with E-state index < -0.39 is 0 Å². The highest BCUT2D eigenvalue weighted by Crippen LogP contribution is 2.38. The van der Waals surface area contributed by atoms with Gasteiger partial charge < -0.3 is 19.9 Å². The number of aliphatic imine (C=N–C) groups is 1. The summed E-state index contributed by atoms with van der Waals surface area (Å²) in [4.78, 5) is 9.41. The molecule has 2 aliphatic heterocycles. The smallest absolute Gasteiger partial charge is 0.193 e. The molecule has 2 heterocycles. The Labute approximate surface area is 193 Å². The summed E-state index contributed by atoms with van der Waals surface area (Å²) in [7, 11) is 4.14. The molecule has 5 nitrogen and oxygen atoms in total. The third-order valence-electron chi connectivity index (χ3n) is 7.05. The van der Waals surface area contributed by atoms with E-state index >= 15 is 0 Å². The summed E-state index contributed by atoms with van der Waals surface area (Å²) in [5, 5.41) is 3.57. The van der Waals surface area contributed by atoms with Gasteiger partial charge in [-0.3, -0.25) is 4.99 Å². The van der Waals surface area contributed by atoms with Gasteiger partial charge in [-0.1, -0.05) is 31.4 Å². The number of halogens is 1. The van der Waals surface area contributed by atoms with Gasteiger partial charge in [-0.25, -0.2) is 0 Å². The number of rotatable bonds is 4. The summed E-state index contributed by atoms with van der Waals surface area (Å²) in [5.41, 5.74) is 3.01. The lowest BCUT2D eigenvalue weighted by Gasteiger charge is -2.33. The van der Waals surface area contributed by atoms with Crippen LogP contribution in [0.2, 0.25) is 0 Å². The van der Waals surface area contributed by atoms with E-state index in [1.54, 1.807) is 0 Å². The Morgan fingerprint density at radius 3 is 2.62 bits per heavy atom. The zero-order valence-corrected chi connectivity index (χ0v) is 20.4. The van der Waals surface area contributed by atoms with Crippen molar-refractivity contribution in [2.75, 3.05) is 45.3 Å². The van der Waals surface area contributed by atoms with Crippen molar-refractivity contribution in [1.82, 2.24) is 10.2 Å². The summed E-state index contributed by atoms with van der Waals surface area (Å²) in [5.74, 6) is 1.02. The van der Waals surface area contributed by atoms with Crippen LogP contribution < -0.4 is 10.2 Å². The molecule has 1 spiro atoms. The third-order valence-corrected chi connectivity index (χ3v) is 7.05. The first-order valence-corrected chi connectivity index (χ1v) is 11.0. The summed E-state index contributed by atoms with van der Waals surface area (Å²) in [6.45, 7) is 4.80. The molecule has 3 aliphatic rings. The number of nitrogens with zero attached hydrogens (tertiary/aromatic N) is 3. The second-order valence-electron chi connectivity index (χ2n) is 8.94. The Bertz CT molecular complexity index is 666. The number of benzene rings is 1. The largest absolute Gasteiger partial charge is 0.381 e. The number of anilines is 1. The second kappa shape index (κ2) is 10.3. The highest BCUT2D eigenvalue weighted by atomic mass is 127. The predicted octanol–water partition coefficient (Wildman–Crippen LogP) is 4.26. The molecule has 6 heteroatoms. The molecular formula is C23H37IN4O. The van der Waals surface area contributed by atoms with Gasteiger partial charge in [0.15, 0.2) is 5.96 Å². The molecule has 1 aromatic carbocycles. The molecule has 1 unspecified atom stereocenters. The lowest BCUT2D eigenvalue weighted by Crippen LogP contribution is -2.41. The van der Waals surface area contributed by atoms with Crippen LogP contribution in [0, 0.1) is 5.41 Å². The van der Waals surface area contributed by atoms with Gasteiger partial charge in [0.2, 0.25) is 0 Å². The standard InChI is InChI=1S/C23H36N4O.HI/c1-24-22(27-14-12-23(17-27)13-15-28-18-23)25-16-19-8-10-21(11-9-19)26(2)20-6-4-3-5-7-20;/h8-11,20H,3-7,12-18H2,1-2H3,(H,24,25);1H. The van der Waals surface area contributed by atoms with Crippen LogP contribution in [0.25, 0.3) is 0 Å². The van der Waals surface area contributed by atoms with Crippen molar-refractivity contribution >= 4 is 35.6 Å². The number of hydrogen-bond donors (Lipinski definition) is 1. The van der Waals surface area contributed by atoms with E-state index in [-0.39, 0.29) is 24.0 Å². The van der Waals surface area contributed by atoms with E-state index in [4.69, 9.17) is 4.74 Å². The number of hydrogen-bond acceptors (Lipinski definition) is 3. The van der Waals surface area contributed by atoms with E-state index in [1.807, 2.05) is 7.05 Å². The Morgan fingerprint density at radius 1 is 1.21 bits per heavy atom. The van der Waals surface area contributed by atoms with Crippen molar-refractivity contribution in [2.24, 2.45) is 10.4 Å². The Hall–Kier alpha value is -1.02. The fourth-order valence-electron chi connectivity index (χ4n) is 5.13. The highest BCUT2D eigenvalue weighted by molar-refractivity contribution is 14.0. The SMILES string of the molecule is CN=C(NCc1ccc(N(C)C2CCCCC2)cc1)N1CCC2(CCOC2)C1.I. The molecule has 0 bridgehead atoms. The van der Waals surface area contributed by atoms with Crippen LogP contribution >= 0.6 is 24.0 Å². The molecule has 1 N–H and O–H groups in total. The van der Waals surface area contributed by atoms with Crippen molar-refractivity contribution in [3.05, 3.63) is 29.8 Å². The van der Waals surface area contributed by atoms with E-state index in [0.717, 1.165) is 38.8 Å². The molecule has 1 aliphatic carbocycles. The minimum Gasteiger partial charge on any atom is -0.381 e. The summed E-state index contributed by atoms with van der Waals surface area (Å²) in [6.07, 6.45) is 9.23. The summed E-state index contributed by atoms with van der Waals surface area (Å²) in [6, 6.07) is 9.76. The molecule has 0 radical (unpaired) electrons. The van der Waals surface area contributed by atoms with Crippen molar-refractivity contribution in [3.63, 3.8) is 0 Å². The Balaban J connectivity index is 0.00000240. The molecule has 1 saturated carbocycles. The van der Waals surface area contributed by atoms with Crippen LogP contribution in [0.3, 0.4) is 0 Å². The van der Waals surface area contributed by atoms with Crippen LogP contribution in [0.5, 0.6) is 0 Å². The Morgan fingerprint density at radius 2 is 1.97 bits per heavy atom. The minimum atomic E-state index is 0. The molecule has 29 heavy (non-hydrogen) atoms. The zero-order valence-electron chi connectivity index (χ0n) is 18.0. The first kappa shape index (κ1) is 22.7. The topological polar surface area (TPSA) is 40.1 Å². The molecule has 162 valence electrons. The molecule has 1 aromatic rings. The average molecular weight is 512 g/mol. The first-order chi connectivity index (χ1) is 13.7. The molecule has 0 amide bonds. The van der Waals surface area contributed by atoms with Gasteiger partial charge in [-0.15, -0.1) is 24.0 Å². The third kappa shape index (κ3) is 5.37. The molecule has 4 rings (SSSR count). The van der Waals surface area contributed by atoms with Crippen LogP contribution in [0.4, 0.5) is 5.69 Å². The number of ether oxygens (including phenoxy) is 1. The number of nitrogens with one attached hydrogen (secondary N) is 1. The zero-order chi connectivity index (χ0) is 19.4. The van der Waals surface area contributed by atoms with Crippen LogP contribution in [0.15, 0.2) is 29.3 Å². The second-order valence-corrected chi connectivity index (χ2v) is 8.94. The average Bonchev–Trinajstić information content (AvgIpc) is 3.39. The first-order valence-electron chi connectivity index (χ1n) is 11.0. The van der Waals surface area contributed by atoms with Crippen molar-refractivity contribution in [3.8, 4) is 0 Å². The quantitative estimate of drug-likeness (QED) is 0.372. The lowest BCUT2D eigenvalue weighted by atomic mass is 9.87. The van der Waals surface area contributed by atoms with E-state index in [9.17, 15) is 0 Å². The van der Waals surface area contributed by atoms with Gasteiger partial charge in [0.25, 0.3) is 0 Å². The fraction of sp³-hybridized carbons (Fsp3) is 0.696. The van der Waals surface area contributed by atoms with Gasteiger partial charge >= 0.3 is 0 Å². The minimum absolute atomic E-state index is 0. The normalized spacial score (nSPS) is 25.3. The maximum Gasteiger partial charge on any atom is 0.193 e. The van der Waals surface area contributed by atoms with Gasteiger partial charge in [-0.05, 0) is 43.4 Å². The van der Waals surface area contributed by atoms with Gasteiger partial charge in [0.1, 0.15) is 0 Å². The van der Waals surface area contributed by atoms with Crippen LogP contribution in [0.1, 0.15) is 50.5 Å². The van der Waals surface area contributed by atoms with E-state index in [0.29, 0.717) is 11.5 Å². The monoisotopic (exact) mass is 512 g/mol. The maximum absolute atomic E-state index is 5.66. The maximum atomic E-state index is 5.66. The highest BCUT2D eigenvalue weighted by Gasteiger charge is 2.42. The van der Waals surface area contributed by atoms with Crippen molar-refractivity contribution in [2.45, 2.75) is 57.5 Å². The predicted molar refractivity (Wildman–Crippen MR) is 131 cm³/mol. The van der Waals surface area contributed by atoms with Gasteiger partial charge in [0.05, 0.1) is 6.61 Å². The molecule has 2 saturated heterocycles. The van der Waals surface area contributed by atoms with Crippen molar-refractivity contribution in [1.29, 1.82) is 0 Å². The molecule has 0 aromatic heterocycles. The molecular weight excluding hydrogens is 475 g/mol. The molecule has 1 atom stereocenters. The van der Waals surface area contributed by atoms with Gasteiger partial charge in [0, 0.05) is 57.5 Å². The van der Waals surface area contributed by atoms with Crippen LogP contribution in [-0.4, -0.2) is 57.3 Å². The fourth-order valence-corrected chi connectivity index (χ4v) is 5.13. The number of guanidine groups is 1. The summed E-state index contributed by atoms with van der Waals surface area (Å²) < 4.78 is 5.66. The summed E-state index contributed by atoms with van der Waals surface area (Å²) >= 11 is 0. The van der Waals surface area contributed by atoms with E-state index in [1.165, 1.54) is 56.2 Å². The van der Waals surface area contributed by atoms with Crippen molar-refractivity contribution < 1.29 is 4.74 Å². The van der Waals surface area contributed by atoms with Crippen LogP contribution in [-0.2, 0) is 11.3 Å². The van der Waals surface area contributed by atoms with E-state index in [2.05, 4.69) is 51.4 Å².